The molecule has 1 amide bonds. The summed E-state index contributed by atoms with van der Waals surface area (Å²) in [6.07, 6.45) is 0.115. The van der Waals surface area contributed by atoms with Crippen molar-refractivity contribution in [2.75, 3.05) is 0 Å². The summed E-state index contributed by atoms with van der Waals surface area (Å²) >= 11 is 5.82. The molecule has 2 N–H and O–H groups in total. The number of amides is 1. The Morgan fingerprint density at radius 1 is 1.12 bits per heavy atom. The summed E-state index contributed by atoms with van der Waals surface area (Å²) in [5, 5.41) is 10.3. The first-order valence-electron chi connectivity index (χ1n) is 7.78. The van der Waals surface area contributed by atoms with Gasteiger partial charge in [0.2, 0.25) is 5.91 Å². The highest BCUT2D eigenvalue weighted by Gasteiger charge is 2.09. The Morgan fingerprint density at radius 2 is 1.88 bits per heavy atom. The van der Waals surface area contributed by atoms with Crippen LogP contribution in [-0.4, -0.2) is 21.1 Å². The van der Waals surface area contributed by atoms with Gasteiger partial charge in [-0.05, 0) is 29.8 Å². The van der Waals surface area contributed by atoms with Gasteiger partial charge in [-0.15, -0.1) is 0 Å². The summed E-state index contributed by atoms with van der Waals surface area (Å²) in [4.78, 5) is 16.2. The average molecular weight is 357 g/mol. The van der Waals surface area contributed by atoms with Crippen LogP contribution < -0.4 is 10.1 Å². The monoisotopic (exact) mass is 356 g/mol. The Morgan fingerprint density at radius 3 is 2.64 bits per heavy atom. The van der Waals surface area contributed by atoms with E-state index in [0.29, 0.717) is 29.0 Å². The third-order valence-corrected chi connectivity index (χ3v) is 3.67. The molecule has 1 heterocycles. The minimum Gasteiger partial charge on any atom is -0.486 e. The normalized spacial score (nSPS) is 10.4. The number of aromatic nitrogens is 3. The maximum atomic E-state index is 12.0. The second kappa shape index (κ2) is 8.30. The quantitative estimate of drug-likeness (QED) is 0.682. The molecule has 0 spiro atoms. The zero-order valence-electron chi connectivity index (χ0n) is 13.4. The van der Waals surface area contributed by atoms with Gasteiger partial charge in [0, 0.05) is 11.6 Å². The lowest BCUT2D eigenvalue weighted by atomic mass is 10.2. The predicted octanol–water partition coefficient (Wildman–Crippen LogP) is 2.90. The van der Waals surface area contributed by atoms with Crippen molar-refractivity contribution < 1.29 is 9.53 Å². The van der Waals surface area contributed by atoms with E-state index in [4.69, 9.17) is 16.3 Å². The molecule has 2 aromatic carbocycles. The highest BCUT2D eigenvalue weighted by Crippen LogP contribution is 2.16. The van der Waals surface area contributed by atoms with E-state index in [1.807, 2.05) is 30.3 Å². The Labute approximate surface area is 150 Å². The van der Waals surface area contributed by atoms with E-state index in [1.54, 1.807) is 24.3 Å². The van der Waals surface area contributed by atoms with E-state index in [-0.39, 0.29) is 18.9 Å². The van der Waals surface area contributed by atoms with Gasteiger partial charge < -0.3 is 10.1 Å². The van der Waals surface area contributed by atoms with Gasteiger partial charge in [0.05, 0.1) is 6.42 Å². The number of hydrogen-bond acceptors (Lipinski definition) is 4. The summed E-state index contributed by atoms with van der Waals surface area (Å²) < 4.78 is 5.58. The molecule has 0 aliphatic rings. The smallest absolute Gasteiger partial charge is 0.228 e. The molecular formula is C18H17ClN4O2. The number of nitrogens with one attached hydrogen (secondary N) is 2. The van der Waals surface area contributed by atoms with E-state index in [0.717, 1.165) is 5.56 Å². The predicted molar refractivity (Wildman–Crippen MR) is 94.2 cm³/mol. The molecule has 0 atom stereocenters. The Kier molecular flexibility index (Phi) is 5.64. The molecule has 0 saturated carbocycles. The van der Waals surface area contributed by atoms with Gasteiger partial charge in [-0.1, -0.05) is 41.9 Å². The number of nitrogens with zero attached hydrogens (tertiary/aromatic N) is 2. The number of aromatic amines is 1. The van der Waals surface area contributed by atoms with Gasteiger partial charge in [0.1, 0.15) is 12.4 Å². The van der Waals surface area contributed by atoms with Crippen molar-refractivity contribution in [3.05, 3.63) is 76.8 Å². The van der Waals surface area contributed by atoms with Crippen LogP contribution in [0.15, 0.2) is 54.6 Å². The SMILES string of the molecule is O=C(Cc1n[nH]c(COc2ccc(Cl)cc2)n1)NCc1ccccc1. The number of carbonyl (C=O) groups is 1. The lowest BCUT2D eigenvalue weighted by Gasteiger charge is -2.03. The molecule has 0 radical (unpaired) electrons. The first kappa shape index (κ1) is 17.0. The van der Waals surface area contributed by atoms with Crippen LogP contribution in [0.3, 0.4) is 0 Å². The first-order chi connectivity index (χ1) is 12.2. The molecule has 3 rings (SSSR count). The fourth-order valence-corrected chi connectivity index (χ4v) is 2.29. The molecule has 1 aromatic heterocycles. The van der Waals surface area contributed by atoms with Gasteiger partial charge in [-0.2, -0.15) is 5.10 Å². The van der Waals surface area contributed by atoms with Crippen LogP contribution in [0.2, 0.25) is 5.02 Å². The molecular weight excluding hydrogens is 340 g/mol. The van der Waals surface area contributed by atoms with Gasteiger partial charge in [0.25, 0.3) is 0 Å². The number of ether oxygens (including phenoxy) is 1. The summed E-state index contributed by atoms with van der Waals surface area (Å²) in [5.74, 6) is 1.54. The van der Waals surface area contributed by atoms with E-state index in [2.05, 4.69) is 20.5 Å². The lowest BCUT2D eigenvalue weighted by Crippen LogP contribution is -2.25. The highest BCUT2D eigenvalue weighted by atomic mass is 35.5. The van der Waals surface area contributed by atoms with Crippen LogP contribution >= 0.6 is 11.6 Å². The minimum atomic E-state index is -0.131. The summed E-state index contributed by atoms with van der Waals surface area (Å²) in [6, 6.07) is 16.8. The summed E-state index contributed by atoms with van der Waals surface area (Å²) in [5.41, 5.74) is 1.04. The maximum Gasteiger partial charge on any atom is 0.228 e. The molecule has 0 aliphatic carbocycles. The van der Waals surface area contributed by atoms with Gasteiger partial charge in [0.15, 0.2) is 11.6 Å². The van der Waals surface area contributed by atoms with Gasteiger partial charge in [-0.25, -0.2) is 4.98 Å². The molecule has 7 heteroatoms. The van der Waals surface area contributed by atoms with Crippen molar-refractivity contribution in [3.8, 4) is 5.75 Å². The number of rotatable bonds is 7. The van der Waals surface area contributed by atoms with Crippen LogP contribution in [0.5, 0.6) is 5.75 Å². The summed E-state index contributed by atoms with van der Waals surface area (Å²) in [7, 11) is 0. The van der Waals surface area contributed by atoms with Crippen LogP contribution in [0.1, 0.15) is 17.2 Å². The van der Waals surface area contributed by atoms with Crippen molar-refractivity contribution >= 4 is 17.5 Å². The number of carbonyl (C=O) groups excluding carboxylic acids is 1. The Balaban J connectivity index is 1.46. The first-order valence-corrected chi connectivity index (χ1v) is 8.16. The van der Waals surface area contributed by atoms with Crippen LogP contribution in [-0.2, 0) is 24.4 Å². The van der Waals surface area contributed by atoms with Crippen molar-refractivity contribution in [2.45, 2.75) is 19.6 Å². The van der Waals surface area contributed by atoms with Gasteiger partial charge in [-0.3, -0.25) is 9.89 Å². The fraction of sp³-hybridized carbons (Fsp3) is 0.167. The van der Waals surface area contributed by atoms with Crippen LogP contribution in [0.4, 0.5) is 0 Å². The number of H-pyrrole nitrogens is 1. The largest absolute Gasteiger partial charge is 0.486 e. The maximum absolute atomic E-state index is 12.0. The van der Waals surface area contributed by atoms with E-state index in [1.165, 1.54) is 0 Å². The lowest BCUT2D eigenvalue weighted by molar-refractivity contribution is -0.120. The minimum absolute atomic E-state index is 0.115. The number of benzene rings is 2. The van der Waals surface area contributed by atoms with Crippen LogP contribution in [0, 0.1) is 0 Å². The van der Waals surface area contributed by atoms with Crippen LogP contribution in [0.25, 0.3) is 0 Å². The average Bonchev–Trinajstić information content (AvgIpc) is 3.08. The second-order valence-electron chi connectivity index (χ2n) is 5.38. The molecule has 25 heavy (non-hydrogen) atoms. The molecule has 0 unspecified atom stereocenters. The number of halogens is 1. The van der Waals surface area contributed by atoms with E-state index in [9.17, 15) is 4.79 Å². The topological polar surface area (TPSA) is 79.9 Å². The molecule has 128 valence electrons. The molecule has 0 aliphatic heterocycles. The standard InChI is InChI=1S/C18H17ClN4O2/c19-14-6-8-15(9-7-14)25-12-17-21-16(22-23-17)10-18(24)20-11-13-4-2-1-3-5-13/h1-9H,10-12H2,(H,20,24)(H,21,22,23). The summed E-state index contributed by atoms with van der Waals surface area (Å²) in [6.45, 7) is 0.719. The van der Waals surface area contributed by atoms with Gasteiger partial charge >= 0.3 is 0 Å². The molecule has 3 aromatic rings. The molecule has 6 nitrogen and oxygen atoms in total. The Bertz CT molecular complexity index is 819. The molecule has 0 saturated heterocycles. The van der Waals surface area contributed by atoms with E-state index < -0.39 is 0 Å². The Hall–Kier alpha value is -2.86. The third kappa shape index (κ3) is 5.32. The molecule has 0 fully saturated rings. The molecule has 0 bridgehead atoms. The van der Waals surface area contributed by atoms with E-state index >= 15 is 0 Å². The van der Waals surface area contributed by atoms with Crippen molar-refractivity contribution in [2.24, 2.45) is 0 Å². The number of hydrogen-bond donors (Lipinski definition) is 2. The third-order valence-electron chi connectivity index (χ3n) is 3.42. The van der Waals surface area contributed by atoms with Crippen molar-refractivity contribution in [1.29, 1.82) is 0 Å². The zero-order chi connectivity index (χ0) is 17.5. The zero-order valence-corrected chi connectivity index (χ0v) is 14.2. The van der Waals surface area contributed by atoms with Crippen molar-refractivity contribution in [3.63, 3.8) is 0 Å². The highest BCUT2D eigenvalue weighted by molar-refractivity contribution is 6.30. The second-order valence-corrected chi connectivity index (χ2v) is 5.82. The van der Waals surface area contributed by atoms with Crippen molar-refractivity contribution in [1.82, 2.24) is 20.5 Å². The fourth-order valence-electron chi connectivity index (χ4n) is 2.16.